The number of aryl methyl sites for hydroxylation is 1. The number of halogens is 1. The lowest BCUT2D eigenvalue weighted by molar-refractivity contribution is -0.145. The molecular weight excluding hydrogens is 844 g/mol. The summed E-state index contributed by atoms with van der Waals surface area (Å²) in [5.41, 5.74) is 3.83. The Balaban J connectivity index is 0.854. The molecule has 3 atom stereocenters. The van der Waals surface area contributed by atoms with Crippen molar-refractivity contribution in [2.45, 2.75) is 116 Å². The van der Waals surface area contributed by atoms with E-state index in [2.05, 4.69) is 38.0 Å². The topological polar surface area (TPSA) is 155 Å². The molecule has 63 heavy (non-hydrogen) atoms. The number of benzene rings is 2. The van der Waals surface area contributed by atoms with E-state index < -0.39 is 47.0 Å². The monoisotopic (exact) mass is 904 g/mol. The molecule has 2 aromatic heterocycles. The van der Waals surface area contributed by atoms with Gasteiger partial charge in [0.15, 0.2) is 10.8 Å². The van der Waals surface area contributed by atoms with Crippen LogP contribution in [-0.4, -0.2) is 108 Å². The summed E-state index contributed by atoms with van der Waals surface area (Å²) in [6.07, 6.45) is 5.50. The van der Waals surface area contributed by atoms with Gasteiger partial charge in [-0.15, -0.1) is 22.7 Å². The zero-order chi connectivity index (χ0) is 44.6. The van der Waals surface area contributed by atoms with Crippen LogP contribution in [0.3, 0.4) is 0 Å². The number of morpholine rings is 1. The highest BCUT2D eigenvalue weighted by Gasteiger charge is 2.53. The van der Waals surface area contributed by atoms with Gasteiger partial charge < -0.3 is 39.8 Å². The maximum absolute atomic E-state index is 14.6. The van der Waals surface area contributed by atoms with E-state index in [0.717, 1.165) is 109 Å². The molecule has 2 aliphatic heterocycles. The van der Waals surface area contributed by atoms with Crippen molar-refractivity contribution >= 4 is 45.5 Å². The summed E-state index contributed by atoms with van der Waals surface area (Å²) in [7, 11) is 0. The summed E-state index contributed by atoms with van der Waals surface area (Å²) in [6.45, 7) is 11.8. The highest BCUT2D eigenvalue weighted by molar-refractivity contribution is 7.14. The second-order valence-electron chi connectivity index (χ2n) is 17.9. The molecule has 1 aliphatic carbocycles. The molecule has 340 valence electrons. The minimum Gasteiger partial charge on any atom is -0.494 e. The Morgan fingerprint density at radius 3 is 2.32 bits per heavy atom. The van der Waals surface area contributed by atoms with Gasteiger partial charge in [-0.1, -0.05) is 58.6 Å². The highest BCUT2D eigenvalue weighted by atomic mass is 32.1. The molecule has 2 saturated heterocycles. The lowest BCUT2D eigenvalue weighted by Gasteiger charge is -2.35. The number of rotatable bonds is 20. The van der Waals surface area contributed by atoms with Crippen molar-refractivity contribution in [3.8, 4) is 33.2 Å². The van der Waals surface area contributed by atoms with Gasteiger partial charge in [0, 0.05) is 49.1 Å². The van der Waals surface area contributed by atoms with Crippen LogP contribution in [0.15, 0.2) is 53.4 Å². The molecule has 7 rings (SSSR count). The van der Waals surface area contributed by atoms with E-state index in [4.69, 9.17) is 19.2 Å². The second-order valence-corrected chi connectivity index (χ2v) is 19.6. The predicted octanol–water partition coefficient (Wildman–Crippen LogP) is 7.49. The molecule has 13 nitrogen and oxygen atoms in total. The molecule has 3 N–H and O–H groups in total. The van der Waals surface area contributed by atoms with Crippen molar-refractivity contribution in [3.63, 3.8) is 0 Å². The number of ether oxygens (including phenoxy) is 3. The molecule has 2 aromatic carbocycles. The van der Waals surface area contributed by atoms with Crippen LogP contribution in [-0.2, 0) is 25.7 Å². The van der Waals surface area contributed by atoms with Crippen LogP contribution < -0.4 is 25.0 Å². The van der Waals surface area contributed by atoms with Gasteiger partial charge in [-0.05, 0) is 73.9 Å². The molecule has 4 aromatic rings. The van der Waals surface area contributed by atoms with Crippen LogP contribution in [0, 0.1) is 12.3 Å². The summed E-state index contributed by atoms with van der Waals surface area (Å²) >= 11 is 3.22. The molecule has 3 fully saturated rings. The van der Waals surface area contributed by atoms with E-state index in [1.54, 1.807) is 43.4 Å². The summed E-state index contributed by atoms with van der Waals surface area (Å²) in [5, 5.41) is 19.3. The van der Waals surface area contributed by atoms with Crippen molar-refractivity contribution in [2.24, 2.45) is 5.41 Å². The molecule has 16 heteroatoms. The van der Waals surface area contributed by atoms with Gasteiger partial charge >= 0.3 is 0 Å². The number of aromatic nitrogens is 2. The number of β-amino-alcohol motifs (C(OH)–C–C–N with tert-alkyl or cyclic N) is 1. The third kappa shape index (κ3) is 12.1. The van der Waals surface area contributed by atoms with E-state index in [1.165, 1.54) is 4.90 Å². The first-order valence-corrected chi connectivity index (χ1v) is 24.0. The molecule has 0 bridgehead atoms. The Morgan fingerprint density at radius 2 is 1.65 bits per heavy atom. The third-order valence-corrected chi connectivity index (χ3v) is 13.7. The average Bonchev–Trinajstić information content (AvgIpc) is 3.58. The van der Waals surface area contributed by atoms with Gasteiger partial charge in [-0.2, -0.15) is 0 Å². The number of hydrogen-bond donors (Lipinski definition) is 3. The highest BCUT2D eigenvalue weighted by Crippen LogP contribution is 2.41. The van der Waals surface area contributed by atoms with Crippen LogP contribution in [0.1, 0.15) is 89.8 Å². The summed E-state index contributed by atoms with van der Waals surface area (Å²) in [5.74, 6) is -0.242. The first kappa shape index (κ1) is 46.4. The van der Waals surface area contributed by atoms with Gasteiger partial charge in [0.2, 0.25) is 11.8 Å². The molecule has 4 heterocycles. The first-order valence-electron chi connectivity index (χ1n) is 22.2. The van der Waals surface area contributed by atoms with Gasteiger partial charge in [0.05, 0.1) is 54.3 Å². The van der Waals surface area contributed by atoms with Crippen molar-refractivity contribution < 1.29 is 38.1 Å². The van der Waals surface area contributed by atoms with Gasteiger partial charge in [0.1, 0.15) is 23.6 Å². The number of likely N-dealkylation sites (tertiary alicyclic amines) is 1. The molecule has 3 aliphatic rings. The smallest absolute Gasteiger partial charge is 0.258 e. The Labute approximate surface area is 377 Å². The molecular formula is C47H61FN6O7S2. The van der Waals surface area contributed by atoms with Crippen LogP contribution in [0.4, 0.5) is 9.52 Å². The largest absolute Gasteiger partial charge is 0.494 e. The Bertz CT molecular complexity index is 2160. The minimum atomic E-state index is -1.96. The first-order chi connectivity index (χ1) is 30.3. The Kier molecular flexibility index (Phi) is 15.4. The van der Waals surface area contributed by atoms with Gasteiger partial charge in [0.25, 0.3) is 5.91 Å². The van der Waals surface area contributed by atoms with E-state index >= 15 is 0 Å². The molecule has 3 amide bonds. The second kappa shape index (κ2) is 20.9. The summed E-state index contributed by atoms with van der Waals surface area (Å²) in [4.78, 5) is 54.2. The van der Waals surface area contributed by atoms with E-state index in [1.807, 2.05) is 42.8 Å². The standard InChI is InChI=1S/C47H61FN6O7S2/c1-31-40(63-30-50-31)33-11-12-34(27-49-42(56)38-26-35(55)28-54(38)43(57)41(46(2,3)4)52-44(58)47(48)17-18-47)39(25-33)61-22-10-8-6-5-7-9-21-60-36-15-13-32(14-16-36)37-29-62-45(51-37)53-19-23-59-24-20-53/h11-16,25,29-30,35,38,41,55H,5-10,17-24,26-28H2,1-4H3,(H,49,56)(H,52,58)/t35-,38+,41-/m1/s1. The SMILES string of the molecule is Cc1ncsc1-c1ccc(CNC(=O)[C@@H]2C[C@@H](O)CN2C(=O)[C@@H](NC(=O)C2(F)CC2)C(C)(C)C)c(OCCCCCCCCOc2ccc(-c3csc(N4CCOCC4)n3)cc2)c1. The van der Waals surface area contributed by atoms with Crippen LogP contribution in [0.5, 0.6) is 11.5 Å². The third-order valence-electron chi connectivity index (χ3n) is 11.9. The average molecular weight is 905 g/mol. The zero-order valence-electron chi connectivity index (χ0n) is 36.8. The Hall–Kier alpha value is -4.64. The number of carbonyl (C=O) groups excluding carboxylic acids is 3. The summed E-state index contributed by atoms with van der Waals surface area (Å²) < 4.78 is 32.5. The van der Waals surface area contributed by atoms with E-state index in [-0.39, 0.29) is 32.4 Å². The van der Waals surface area contributed by atoms with Gasteiger partial charge in [-0.3, -0.25) is 14.4 Å². The number of carbonyl (C=O) groups is 3. The lowest BCUT2D eigenvalue weighted by atomic mass is 9.85. The number of aliphatic hydroxyl groups excluding tert-OH is 1. The number of alkyl halides is 1. The summed E-state index contributed by atoms with van der Waals surface area (Å²) in [6, 6.07) is 12.0. The van der Waals surface area contributed by atoms with Crippen molar-refractivity contribution in [3.05, 3.63) is 64.6 Å². The number of aliphatic hydroxyl groups is 1. The number of amides is 3. The predicted molar refractivity (Wildman–Crippen MR) is 244 cm³/mol. The quantitative estimate of drug-likeness (QED) is 0.0761. The number of unbranched alkanes of at least 4 members (excludes halogenated alkanes) is 5. The van der Waals surface area contributed by atoms with Crippen LogP contribution >= 0.6 is 22.7 Å². The fourth-order valence-corrected chi connectivity index (χ4v) is 9.57. The fourth-order valence-electron chi connectivity index (χ4n) is 7.87. The van der Waals surface area contributed by atoms with E-state index in [9.17, 15) is 23.9 Å². The Morgan fingerprint density at radius 1 is 0.968 bits per heavy atom. The molecule has 1 saturated carbocycles. The normalized spacial score (nSPS) is 18.8. The maximum atomic E-state index is 14.6. The minimum absolute atomic E-state index is 0.0504. The fraction of sp³-hybridized carbons (Fsp3) is 0.553. The maximum Gasteiger partial charge on any atom is 0.258 e. The lowest BCUT2D eigenvalue weighted by Crippen LogP contribution is -2.59. The van der Waals surface area contributed by atoms with E-state index in [0.29, 0.717) is 19.0 Å². The van der Waals surface area contributed by atoms with Crippen LogP contribution in [0.2, 0.25) is 0 Å². The molecule has 0 spiro atoms. The van der Waals surface area contributed by atoms with Gasteiger partial charge in [-0.25, -0.2) is 14.4 Å². The molecule has 0 radical (unpaired) electrons. The number of anilines is 1. The van der Waals surface area contributed by atoms with Crippen molar-refractivity contribution in [1.29, 1.82) is 0 Å². The number of nitrogens with one attached hydrogen (secondary N) is 2. The number of hydrogen-bond acceptors (Lipinski definition) is 12. The van der Waals surface area contributed by atoms with Crippen molar-refractivity contribution in [2.75, 3.05) is 51.0 Å². The van der Waals surface area contributed by atoms with Crippen LogP contribution in [0.25, 0.3) is 21.7 Å². The molecule has 0 unspecified atom stereocenters. The zero-order valence-corrected chi connectivity index (χ0v) is 38.5. The van der Waals surface area contributed by atoms with Crippen molar-refractivity contribution in [1.82, 2.24) is 25.5 Å². The number of thiazole rings is 2. The number of nitrogens with zero attached hydrogens (tertiary/aromatic N) is 4.